The number of carboxylic acids is 1. The molecule has 1 aromatic rings. The summed E-state index contributed by atoms with van der Waals surface area (Å²) in [7, 11) is 0. The van der Waals surface area contributed by atoms with Gasteiger partial charge in [0.15, 0.2) is 0 Å². The van der Waals surface area contributed by atoms with E-state index in [9.17, 15) is 19.5 Å². The molecule has 3 N–H and O–H groups in total. The van der Waals surface area contributed by atoms with Gasteiger partial charge < -0.3 is 25.2 Å². The highest BCUT2D eigenvalue weighted by molar-refractivity contribution is 5.79. The number of carbonyl (C=O) groups is 3. The normalized spacial score (nSPS) is 12.0. The van der Waals surface area contributed by atoms with Crippen LogP contribution < -0.4 is 10.6 Å². The summed E-state index contributed by atoms with van der Waals surface area (Å²) < 4.78 is 10.2. The Morgan fingerprint density at radius 2 is 1.71 bits per heavy atom. The summed E-state index contributed by atoms with van der Waals surface area (Å²) in [5, 5.41) is 14.3. The molecule has 156 valence electrons. The zero-order valence-electron chi connectivity index (χ0n) is 16.7. The van der Waals surface area contributed by atoms with E-state index >= 15 is 0 Å². The van der Waals surface area contributed by atoms with E-state index in [2.05, 4.69) is 10.6 Å². The van der Waals surface area contributed by atoms with Gasteiger partial charge in [0.1, 0.15) is 18.2 Å². The van der Waals surface area contributed by atoms with Crippen LogP contribution in [0.15, 0.2) is 30.3 Å². The zero-order valence-corrected chi connectivity index (χ0v) is 16.7. The molecule has 1 aromatic carbocycles. The van der Waals surface area contributed by atoms with E-state index in [1.54, 1.807) is 20.8 Å². The number of benzene rings is 1. The second-order valence-corrected chi connectivity index (χ2v) is 7.37. The molecular weight excluding hydrogens is 364 g/mol. The van der Waals surface area contributed by atoms with Crippen molar-refractivity contribution in [2.24, 2.45) is 0 Å². The maximum absolute atomic E-state index is 11.8. The van der Waals surface area contributed by atoms with Gasteiger partial charge in [0.2, 0.25) is 0 Å². The maximum Gasteiger partial charge on any atom is 0.408 e. The number of alkyl carbamates (subject to hydrolysis) is 2. The Bertz CT molecular complexity index is 627. The van der Waals surface area contributed by atoms with E-state index in [0.717, 1.165) is 5.56 Å². The zero-order chi connectivity index (χ0) is 21.0. The van der Waals surface area contributed by atoms with Crippen LogP contribution in [0.1, 0.15) is 52.0 Å². The number of carboxylic acid groups (broad SMARTS) is 1. The topological polar surface area (TPSA) is 114 Å². The van der Waals surface area contributed by atoms with Crippen molar-refractivity contribution in [1.82, 2.24) is 10.6 Å². The fourth-order valence-electron chi connectivity index (χ4n) is 2.32. The first-order chi connectivity index (χ1) is 13.2. The van der Waals surface area contributed by atoms with Crippen LogP contribution in [0.5, 0.6) is 0 Å². The number of nitrogens with one attached hydrogen (secondary N) is 2. The van der Waals surface area contributed by atoms with Gasteiger partial charge in [-0.05, 0) is 39.2 Å². The van der Waals surface area contributed by atoms with Crippen LogP contribution >= 0.6 is 0 Å². The predicted octanol–water partition coefficient (Wildman–Crippen LogP) is 3.45. The van der Waals surface area contributed by atoms with Crippen LogP contribution in [0, 0.1) is 0 Å². The van der Waals surface area contributed by atoms with Crippen molar-refractivity contribution < 1.29 is 29.0 Å². The Kier molecular flexibility index (Phi) is 9.84. The summed E-state index contributed by atoms with van der Waals surface area (Å²) >= 11 is 0. The van der Waals surface area contributed by atoms with Gasteiger partial charge in [-0.15, -0.1) is 0 Å². The molecule has 0 heterocycles. The van der Waals surface area contributed by atoms with Crippen LogP contribution in [0.25, 0.3) is 0 Å². The molecule has 1 atom stereocenters. The van der Waals surface area contributed by atoms with E-state index in [4.69, 9.17) is 9.47 Å². The van der Waals surface area contributed by atoms with Crippen LogP contribution in [0.3, 0.4) is 0 Å². The fraction of sp³-hybridized carbons (Fsp3) is 0.550. The molecule has 0 saturated carbocycles. The molecule has 0 bridgehead atoms. The van der Waals surface area contributed by atoms with Crippen LogP contribution in [-0.4, -0.2) is 41.4 Å². The molecule has 0 aliphatic heterocycles. The number of hydrogen-bond donors (Lipinski definition) is 3. The van der Waals surface area contributed by atoms with Crippen molar-refractivity contribution in [3.63, 3.8) is 0 Å². The summed E-state index contributed by atoms with van der Waals surface area (Å²) in [4.78, 5) is 34.6. The molecule has 0 saturated heterocycles. The van der Waals surface area contributed by atoms with E-state index in [0.29, 0.717) is 25.8 Å². The Morgan fingerprint density at radius 1 is 1.04 bits per heavy atom. The molecule has 0 aliphatic rings. The minimum absolute atomic E-state index is 0.0787. The Hall–Kier alpha value is -2.77. The summed E-state index contributed by atoms with van der Waals surface area (Å²) in [6.45, 7) is 5.89. The minimum atomic E-state index is -1.11. The molecule has 1 unspecified atom stereocenters. The van der Waals surface area contributed by atoms with Gasteiger partial charge in [0.25, 0.3) is 0 Å². The number of amides is 2. The molecule has 2 amide bonds. The van der Waals surface area contributed by atoms with E-state index < -0.39 is 29.8 Å². The molecule has 0 aromatic heterocycles. The number of hydrogen-bond acceptors (Lipinski definition) is 5. The Balaban J connectivity index is 2.21. The molecule has 1 rings (SSSR count). The summed E-state index contributed by atoms with van der Waals surface area (Å²) in [6.07, 6.45) is 1.03. The highest BCUT2D eigenvalue weighted by Crippen LogP contribution is 2.08. The molecule has 0 fully saturated rings. The first-order valence-corrected chi connectivity index (χ1v) is 9.34. The second-order valence-electron chi connectivity index (χ2n) is 7.37. The largest absolute Gasteiger partial charge is 0.480 e. The average molecular weight is 394 g/mol. The van der Waals surface area contributed by atoms with Crippen molar-refractivity contribution in [1.29, 1.82) is 0 Å². The third kappa shape index (κ3) is 11.1. The average Bonchev–Trinajstić information content (AvgIpc) is 2.61. The minimum Gasteiger partial charge on any atom is -0.480 e. The van der Waals surface area contributed by atoms with Crippen molar-refractivity contribution in [3.8, 4) is 0 Å². The lowest BCUT2D eigenvalue weighted by atomic mass is 10.1. The van der Waals surface area contributed by atoms with Crippen LogP contribution in [-0.2, 0) is 20.9 Å². The van der Waals surface area contributed by atoms with Gasteiger partial charge in [-0.3, -0.25) is 0 Å². The first-order valence-electron chi connectivity index (χ1n) is 9.34. The number of ether oxygens (including phenoxy) is 2. The highest BCUT2D eigenvalue weighted by atomic mass is 16.6. The van der Waals surface area contributed by atoms with Crippen LogP contribution in [0.2, 0.25) is 0 Å². The second kappa shape index (κ2) is 11.8. The standard InChI is InChI=1S/C20H30N2O6/c1-20(2,3)28-18(25)21-13-9-5-8-12-16(17(23)24)22-19(26)27-14-15-10-6-4-7-11-15/h4,6-7,10-11,16H,5,8-9,12-14H2,1-3H3,(H,21,25)(H,22,26)(H,23,24). The first kappa shape index (κ1) is 23.3. The summed E-state index contributed by atoms with van der Waals surface area (Å²) in [5.74, 6) is -1.11. The third-order valence-electron chi connectivity index (χ3n) is 3.64. The van der Waals surface area contributed by atoms with Gasteiger partial charge >= 0.3 is 18.2 Å². The fourth-order valence-corrected chi connectivity index (χ4v) is 2.32. The van der Waals surface area contributed by atoms with Gasteiger partial charge in [0, 0.05) is 6.54 Å². The quantitative estimate of drug-likeness (QED) is 0.524. The van der Waals surface area contributed by atoms with Crippen LogP contribution in [0.4, 0.5) is 9.59 Å². The predicted molar refractivity (Wildman–Crippen MR) is 104 cm³/mol. The lowest BCUT2D eigenvalue weighted by molar-refractivity contribution is -0.139. The monoisotopic (exact) mass is 394 g/mol. The smallest absolute Gasteiger partial charge is 0.408 e. The molecule has 0 aliphatic carbocycles. The number of unbranched alkanes of at least 4 members (excludes halogenated alkanes) is 2. The number of carbonyl (C=O) groups excluding carboxylic acids is 2. The summed E-state index contributed by atoms with van der Waals surface area (Å²) in [5.41, 5.74) is 0.279. The Labute approximate surface area is 165 Å². The third-order valence-corrected chi connectivity index (χ3v) is 3.64. The number of aliphatic carboxylic acids is 1. The molecule has 8 nitrogen and oxygen atoms in total. The van der Waals surface area contributed by atoms with Gasteiger partial charge in [-0.2, -0.15) is 0 Å². The molecule has 28 heavy (non-hydrogen) atoms. The summed E-state index contributed by atoms with van der Waals surface area (Å²) in [6, 6.07) is 8.12. The molecule has 0 radical (unpaired) electrons. The SMILES string of the molecule is CC(C)(C)OC(=O)NCCCCCC(NC(=O)OCc1ccccc1)C(=O)O. The Morgan fingerprint density at radius 3 is 2.32 bits per heavy atom. The van der Waals surface area contributed by atoms with Gasteiger partial charge in [0.05, 0.1) is 0 Å². The maximum atomic E-state index is 11.8. The van der Waals surface area contributed by atoms with Crippen molar-refractivity contribution >= 4 is 18.2 Å². The molecule has 8 heteroatoms. The lowest BCUT2D eigenvalue weighted by Gasteiger charge is -2.19. The highest BCUT2D eigenvalue weighted by Gasteiger charge is 2.20. The van der Waals surface area contributed by atoms with E-state index in [1.807, 2.05) is 30.3 Å². The van der Waals surface area contributed by atoms with E-state index in [-0.39, 0.29) is 13.0 Å². The number of rotatable bonds is 10. The molecule has 0 spiro atoms. The van der Waals surface area contributed by atoms with Crippen molar-refractivity contribution in [3.05, 3.63) is 35.9 Å². The van der Waals surface area contributed by atoms with Crippen molar-refractivity contribution in [2.75, 3.05) is 6.54 Å². The molecular formula is C20H30N2O6. The van der Waals surface area contributed by atoms with Crippen molar-refractivity contribution in [2.45, 2.75) is 64.7 Å². The van der Waals surface area contributed by atoms with Gasteiger partial charge in [-0.25, -0.2) is 14.4 Å². The van der Waals surface area contributed by atoms with E-state index in [1.165, 1.54) is 0 Å². The van der Waals surface area contributed by atoms with Gasteiger partial charge in [-0.1, -0.05) is 43.2 Å². The lowest BCUT2D eigenvalue weighted by Crippen LogP contribution is -2.41.